The molecule has 1 aromatic heterocycles. The van der Waals surface area contributed by atoms with Crippen molar-refractivity contribution in [2.24, 2.45) is 0 Å². The number of anilines is 1. The molecule has 1 aromatic carbocycles. The fourth-order valence-corrected chi connectivity index (χ4v) is 2.14. The van der Waals surface area contributed by atoms with Gasteiger partial charge in [0.15, 0.2) is 0 Å². The van der Waals surface area contributed by atoms with Crippen LogP contribution in [0.1, 0.15) is 37.2 Å². The number of nitrogens with two attached hydrogens (primary N) is 1. The van der Waals surface area contributed by atoms with Crippen molar-refractivity contribution in [3.05, 3.63) is 30.0 Å². The fourth-order valence-electron chi connectivity index (χ4n) is 2.14. The Balaban J connectivity index is 2.14. The third kappa shape index (κ3) is 2.77. The van der Waals surface area contributed by atoms with Crippen LogP contribution in [0, 0.1) is 0 Å². The van der Waals surface area contributed by atoms with E-state index in [0.717, 1.165) is 10.9 Å². The van der Waals surface area contributed by atoms with E-state index in [4.69, 9.17) is 5.73 Å². The molecule has 0 spiro atoms. The summed E-state index contributed by atoms with van der Waals surface area (Å²) in [4.78, 5) is 15.1. The van der Waals surface area contributed by atoms with Crippen LogP contribution in [-0.2, 0) is 0 Å². The highest BCUT2D eigenvalue weighted by Crippen LogP contribution is 2.21. The van der Waals surface area contributed by atoms with Crippen molar-refractivity contribution in [3.63, 3.8) is 0 Å². The van der Waals surface area contributed by atoms with Crippen LogP contribution in [0.4, 0.5) is 5.69 Å². The third-order valence-electron chi connectivity index (χ3n) is 3.83. The minimum atomic E-state index is -0.847. The number of aromatic amines is 1. The number of carbonyl (C=O) groups excluding carboxylic acids is 1. The van der Waals surface area contributed by atoms with Gasteiger partial charge in [-0.15, -0.1) is 0 Å². The number of rotatable bonds is 5. The second-order valence-corrected chi connectivity index (χ2v) is 5.11. The lowest BCUT2D eigenvalue weighted by atomic mass is 9.97. The number of nitrogen functional groups attached to an aromatic ring is 1. The Kier molecular flexibility index (Phi) is 3.99. The fraction of sp³-hybridized carbons (Fsp3) is 0.400. The number of H-pyrrole nitrogens is 1. The lowest BCUT2D eigenvalue weighted by Crippen LogP contribution is -2.42. The highest BCUT2D eigenvalue weighted by molar-refractivity contribution is 6.00. The number of carbonyl (C=O) groups is 1. The second kappa shape index (κ2) is 5.54. The molecule has 0 saturated heterocycles. The monoisotopic (exact) mass is 275 g/mol. The summed E-state index contributed by atoms with van der Waals surface area (Å²) in [6.45, 7) is 4.04. The van der Waals surface area contributed by atoms with E-state index in [9.17, 15) is 9.90 Å². The second-order valence-electron chi connectivity index (χ2n) is 5.11. The predicted octanol–water partition coefficient (Wildman–Crippen LogP) is 2.03. The molecule has 108 valence electrons. The summed E-state index contributed by atoms with van der Waals surface area (Å²) < 4.78 is 0. The van der Waals surface area contributed by atoms with Crippen LogP contribution in [0.3, 0.4) is 0 Å². The average molecular weight is 275 g/mol. The number of aliphatic hydroxyl groups is 1. The van der Waals surface area contributed by atoms with Gasteiger partial charge in [0.1, 0.15) is 5.69 Å². The minimum absolute atomic E-state index is 0.235. The number of benzene rings is 1. The van der Waals surface area contributed by atoms with E-state index in [2.05, 4.69) is 10.3 Å². The first-order chi connectivity index (χ1) is 9.49. The number of para-hydroxylation sites is 1. The number of hydrogen-bond acceptors (Lipinski definition) is 3. The van der Waals surface area contributed by atoms with E-state index in [0.29, 0.717) is 24.2 Å². The highest BCUT2D eigenvalue weighted by Gasteiger charge is 2.23. The Labute approximate surface area is 118 Å². The molecule has 2 aromatic rings. The van der Waals surface area contributed by atoms with E-state index in [-0.39, 0.29) is 12.5 Å². The van der Waals surface area contributed by atoms with E-state index in [1.54, 1.807) is 12.1 Å². The SMILES string of the molecule is CCC(O)(CC)CNC(=O)c1cc2cccc(N)c2[nH]1. The van der Waals surface area contributed by atoms with Crippen molar-refractivity contribution in [1.82, 2.24) is 10.3 Å². The molecule has 0 saturated carbocycles. The molecule has 0 unspecified atom stereocenters. The summed E-state index contributed by atoms with van der Waals surface area (Å²) >= 11 is 0. The molecule has 1 heterocycles. The van der Waals surface area contributed by atoms with Gasteiger partial charge >= 0.3 is 0 Å². The number of amides is 1. The molecule has 0 aliphatic heterocycles. The summed E-state index contributed by atoms with van der Waals surface area (Å²) in [5, 5.41) is 13.8. The topological polar surface area (TPSA) is 91.1 Å². The van der Waals surface area contributed by atoms with Crippen LogP contribution in [-0.4, -0.2) is 28.1 Å². The molecular formula is C15H21N3O2. The predicted molar refractivity (Wildman–Crippen MR) is 80.6 cm³/mol. The van der Waals surface area contributed by atoms with Crippen LogP contribution >= 0.6 is 0 Å². The molecule has 0 fully saturated rings. The average Bonchev–Trinajstić information content (AvgIpc) is 2.90. The number of nitrogens with one attached hydrogen (secondary N) is 2. The van der Waals surface area contributed by atoms with Gasteiger partial charge in [-0.2, -0.15) is 0 Å². The van der Waals surface area contributed by atoms with Crippen LogP contribution in [0.2, 0.25) is 0 Å². The first kappa shape index (κ1) is 14.4. The minimum Gasteiger partial charge on any atom is -0.397 e. The van der Waals surface area contributed by atoms with Crippen molar-refractivity contribution in [1.29, 1.82) is 0 Å². The number of hydrogen-bond donors (Lipinski definition) is 4. The van der Waals surface area contributed by atoms with Gasteiger partial charge in [-0.1, -0.05) is 26.0 Å². The number of aromatic nitrogens is 1. The molecule has 5 heteroatoms. The quantitative estimate of drug-likeness (QED) is 0.629. The van der Waals surface area contributed by atoms with Crippen molar-refractivity contribution < 1.29 is 9.90 Å². The lowest BCUT2D eigenvalue weighted by Gasteiger charge is -2.25. The van der Waals surface area contributed by atoms with Crippen LogP contribution in [0.25, 0.3) is 10.9 Å². The van der Waals surface area contributed by atoms with Gasteiger partial charge in [0, 0.05) is 11.9 Å². The smallest absolute Gasteiger partial charge is 0.267 e. The normalized spacial score (nSPS) is 11.8. The van der Waals surface area contributed by atoms with Gasteiger partial charge in [0.05, 0.1) is 16.8 Å². The molecule has 0 bridgehead atoms. The Morgan fingerprint density at radius 2 is 2.10 bits per heavy atom. The molecule has 5 N–H and O–H groups in total. The molecule has 2 rings (SSSR count). The Hall–Kier alpha value is -2.01. The van der Waals surface area contributed by atoms with Crippen LogP contribution in [0.5, 0.6) is 0 Å². The molecular weight excluding hydrogens is 254 g/mol. The maximum absolute atomic E-state index is 12.1. The highest BCUT2D eigenvalue weighted by atomic mass is 16.3. The summed E-state index contributed by atoms with van der Waals surface area (Å²) in [5.74, 6) is -0.235. The van der Waals surface area contributed by atoms with E-state index in [1.165, 1.54) is 0 Å². The van der Waals surface area contributed by atoms with E-state index >= 15 is 0 Å². The Morgan fingerprint density at radius 3 is 2.70 bits per heavy atom. The maximum Gasteiger partial charge on any atom is 0.267 e. The van der Waals surface area contributed by atoms with Crippen molar-refractivity contribution >= 4 is 22.5 Å². The largest absolute Gasteiger partial charge is 0.397 e. The Morgan fingerprint density at radius 1 is 1.40 bits per heavy atom. The summed E-state index contributed by atoms with van der Waals surface area (Å²) in [7, 11) is 0. The molecule has 20 heavy (non-hydrogen) atoms. The van der Waals surface area contributed by atoms with Crippen molar-refractivity contribution in [3.8, 4) is 0 Å². The molecule has 5 nitrogen and oxygen atoms in total. The van der Waals surface area contributed by atoms with Gasteiger partial charge < -0.3 is 21.1 Å². The molecule has 0 aliphatic rings. The molecule has 1 amide bonds. The van der Waals surface area contributed by atoms with Crippen molar-refractivity contribution in [2.45, 2.75) is 32.3 Å². The molecule has 0 aliphatic carbocycles. The van der Waals surface area contributed by atoms with Crippen LogP contribution < -0.4 is 11.1 Å². The standard InChI is InChI=1S/C15H21N3O2/c1-3-15(20,4-2)9-17-14(19)12-8-10-6-5-7-11(16)13(10)18-12/h5-8,18,20H,3-4,9,16H2,1-2H3,(H,17,19). The van der Waals surface area contributed by atoms with Gasteiger partial charge in [-0.25, -0.2) is 0 Å². The van der Waals surface area contributed by atoms with Gasteiger partial charge in [0.25, 0.3) is 5.91 Å². The lowest BCUT2D eigenvalue weighted by molar-refractivity contribution is 0.0313. The molecule has 0 atom stereocenters. The van der Waals surface area contributed by atoms with E-state index in [1.807, 2.05) is 26.0 Å². The van der Waals surface area contributed by atoms with E-state index < -0.39 is 5.60 Å². The number of fused-ring (bicyclic) bond motifs is 1. The van der Waals surface area contributed by atoms with Gasteiger partial charge in [0.2, 0.25) is 0 Å². The maximum atomic E-state index is 12.1. The summed E-state index contributed by atoms with van der Waals surface area (Å²) in [6, 6.07) is 7.29. The summed E-state index contributed by atoms with van der Waals surface area (Å²) in [5.41, 5.74) is 6.83. The van der Waals surface area contributed by atoms with Crippen molar-refractivity contribution in [2.75, 3.05) is 12.3 Å². The van der Waals surface area contributed by atoms with Gasteiger partial charge in [-0.3, -0.25) is 4.79 Å². The first-order valence-electron chi connectivity index (χ1n) is 6.87. The summed E-state index contributed by atoms with van der Waals surface area (Å²) in [6.07, 6.45) is 1.20. The van der Waals surface area contributed by atoms with Crippen LogP contribution in [0.15, 0.2) is 24.3 Å². The zero-order valence-corrected chi connectivity index (χ0v) is 11.9. The zero-order chi connectivity index (χ0) is 14.8. The van der Waals surface area contributed by atoms with Gasteiger partial charge in [-0.05, 0) is 25.0 Å². The zero-order valence-electron chi connectivity index (χ0n) is 11.9. The Bertz CT molecular complexity index is 615. The molecule has 0 radical (unpaired) electrons. The third-order valence-corrected chi connectivity index (χ3v) is 3.83. The first-order valence-corrected chi connectivity index (χ1v) is 6.87.